The maximum absolute atomic E-state index is 11.6. The van der Waals surface area contributed by atoms with E-state index in [0.29, 0.717) is 24.9 Å². The highest BCUT2D eigenvalue weighted by Crippen LogP contribution is 2.39. The van der Waals surface area contributed by atoms with Gasteiger partial charge in [0.25, 0.3) is 0 Å². The lowest BCUT2D eigenvalue weighted by atomic mass is 10.0. The fourth-order valence-corrected chi connectivity index (χ4v) is 4.17. The van der Waals surface area contributed by atoms with E-state index < -0.39 is 5.97 Å². The first-order valence-electron chi connectivity index (χ1n) is 8.71. The maximum Gasteiger partial charge on any atom is 0.335 e. The highest BCUT2D eigenvalue weighted by Gasteiger charge is 2.18. The molecule has 0 bridgehead atoms. The van der Waals surface area contributed by atoms with Crippen molar-refractivity contribution in [1.29, 1.82) is 0 Å². The Morgan fingerprint density at radius 1 is 1.28 bits per heavy atom. The summed E-state index contributed by atoms with van der Waals surface area (Å²) in [6.07, 6.45) is 7.17. The van der Waals surface area contributed by atoms with Crippen LogP contribution in [0, 0.1) is 5.92 Å². The Hall–Kier alpha value is -1.72. The lowest BCUT2D eigenvalue weighted by Crippen LogP contribution is -2.26. The van der Waals surface area contributed by atoms with Crippen LogP contribution in [0.3, 0.4) is 0 Å². The van der Waals surface area contributed by atoms with Gasteiger partial charge in [-0.2, -0.15) is 0 Å². The van der Waals surface area contributed by atoms with Crippen molar-refractivity contribution in [2.24, 2.45) is 5.92 Å². The van der Waals surface area contributed by atoms with Crippen molar-refractivity contribution in [2.75, 3.05) is 13.2 Å². The van der Waals surface area contributed by atoms with E-state index >= 15 is 0 Å². The third-order valence-corrected chi connectivity index (χ3v) is 5.45. The second-order valence-electron chi connectivity index (χ2n) is 6.64. The molecule has 2 aliphatic heterocycles. The van der Waals surface area contributed by atoms with E-state index in [0.717, 1.165) is 29.7 Å². The summed E-state index contributed by atoms with van der Waals surface area (Å²) in [6, 6.07) is 5.32. The van der Waals surface area contributed by atoms with Crippen molar-refractivity contribution in [3.8, 4) is 5.75 Å². The van der Waals surface area contributed by atoms with Crippen molar-refractivity contribution in [3.63, 3.8) is 0 Å². The molecule has 1 aromatic carbocycles. The average molecular weight is 360 g/mol. The number of aromatic carboxylic acids is 1. The molecule has 0 saturated carbocycles. The van der Waals surface area contributed by atoms with Crippen LogP contribution in [0.1, 0.15) is 49.0 Å². The quantitative estimate of drug-likeness (QED) is 0.822. The van der Waals surface area contributed by atoms with Gasteiger partial charge in [-0.05, 0) is 47.9 Å². The van der Waals surface area contributed by atoms with E-state index in [2.05, 4.69) is 26.0 Å². The molecule has 5 heteroatoms. The molecule has 3 rings (SSSR count). The fourth-order valence-electron chi connectivity index (χ4n) is 3.11. The van der Waals surface area contributed by atoms with Gasteiger partial charge in [0.05, 0.1) is 18.8 Å². The molecule has 25 heavy (non-hydrogen) atoms. The molecule has 0 aliphatic carbocycles. The standard InChI is InChI=1S/C20H24O4S/c1-13-3-4-19(25-14(2)9-13)15-10-16(20(21)22)12-18(11-15)24-17-5-7-23-8-6-17/h4,9-13,17H,3,5-8H2,1-2H3,(H,21,22). The Morgan fingerprint density at radius 3 is 2.76 bits per heavy atom. The molecule has 134 valence electrons. The zero-order chi connectivity index (χ0) is 17.8. The summed E-state index contributed by atoms with van der Waals surface area (Å²) in [5.74, 6) is 0.186. The van der Waals surface area contributed by atoms with Gasteiger partial charge in [0.1, 0.15) is 11.9 Å². The molecule has 1 aromatic rings. The zero-order valence-electron chi connectivity index (χ0n) is 14.7. The van der Waals surface area contributed by atoms with Crippen LogP contribution in [-0.4, -0.2) is 30.4 Å². The summed E-state index contributed by atoms with van der Waals surface area (Å²) < 4.78 is 11.4. The van der Waals surface area contributed by atoms with E-state index in [-0.39, 0.29) is 11.7 Å². The molecule has 1 N–H and O–H groups in total. The summed E-state index contributed by atoms with van der Waals surface area (Å²) >= 11 is 1.69. The third-order valence-electron chi connectivity index (χ3n) is 4.37. The minimum absolute atomic E-state index is 0.0862. The minimum atomic E-state index is -0.932. The predicted molar refractivity (Wildman–Crippen MR) is 101 cm³/mol. The van der Waals surface area contributed by atoms with Crippen molar-refractivity contribution in [1.82, 2.24) is 0 Å². The Labute approximate surface area is 152 Å². The summed E-state index contributed by atoms with van der Waals surface area (Å²) in [7, 11) is 0. The molecule has 2 heterocycles. The summed E-state index contributed by atoms with van der Waals surface area (Å²) in [5.41, 5.74) is 1.17. The van der Waals surface area contributed by atoms with E-state index in [4.69, 9.17) is 9.47 Å². The Morgan fingerprint density at radius 2 is 2.04 bits per heavy atom. The number of benzene rings is 1. The highest BCUT2D eigenvalue weighted by molar-refractivity contribution is 8.11. The van der Waals surface area contributed by atoms with Gasteiger partial charge in [-0.25, -0.2) is 4.79 Å². The molecule has 0 radical (unpaired) electrons. The lowest BCUT2D eigenvalue weighted by molar-refractivity contribution is 0.0254. The number of allylic oxidation sites excluding steroid dienone is 3. The van der Waals surface area contributed by atoms with Crippen molar-refractivity contribution < 1.29 is 19.4 Å². The first-order chi connectivity index (χ1) is 12.0. The van der Waals surface area contributed by atoms with Crippen LogP contribution in [0.25, 0.3) is 4.91 Å². The minimum Gasteiger partial charge on any atom is -0.490 e. The van der Waals surface area contributed by atoms with Gasteiger partial charge >= 0.3 is 5.97 Å². The number of hydrogen-bond donors (Lipinski definition) is 1. The number of ether oxygens (including phenoxy) is 2. The van der Waals surface area contributed by atoms with Crippen molar-refractivity contribution in [2.45, 2.75) is 39.2 Å². The molecule has 0 aromatic heterocycles. The van der Waals surface area contributed by atoms with Crippen LogP contribution in [0.4, 0.5) is 0 Å². The Bertz CT molecular complexity index is 702. The second kappa shape index (κ2) is 8.11. The molecular weight excluding hydrogens is 336 g/mol. The van der Waals surface area contributed by atoms with Crippen LogP contribution < -0.4 is 4.74 Å². The normalized spacial score (nSPS) is 21.9. The topological polar surface area (TPSA) is 55.8 Å². The van der Waals surface area contributed by atoms with Crippen LogP contribution >= 0.6 is 11.8 Å². The van der Waals surface area contributed by atoms with E-state index in [9.17, 15) is 9.90 Å². The van der Waals surface area contributed by atoms with E-state index in [1.807, 2.05) is 6.07 Å². The highest BCUT2D eigenvalue weighted by atomic mass is 32.2. The average Bonchev–Trinajstić information content (AvgIpc) is 2.75. The van der Waals surface area contributed by atoms with Gasteiger partial charge in [0, 0.05) is 17.7 Å². The molecule has 1 fully saturated rings. The third kappa shape index (κ3) is 4.89. The molecule has 0 amide bonds. The van der Waals surface area contributed by atoms with Gasteiger partial charge in [0.2, 0.25) is 0 Å². The van der Waals surface area contributed by atoms with E-state index in [1.165, 1.54) is 4.91 Å². The molecule has 0 spiro atoms. The van der Waals surface area contributed by atoms with Gasteiger partial charge < -0.3 is 14.6 Å². The number of carboxylic acid groups (broad SMARTS) is 1. The number of carboxylic acids is 1. The number of carbonyl (C=O) groups is 1. The molecular formula is C20H24O4S. The Balaban J connectivity index is 1.90. The lowest BCUT2D eigenvalue weighted by Gasteiger charge is -2.24. The van der Waals surface area contributed by atoms with Gasteiger partial charge in [-0.15, -0.1) is 0 Å². The van der Waals surface area contributed by atoms with Crippen LogP contribution in [0.2, 0.25) is 0 Å². The second-order valence-corrected chi connectivity index (χ2v) is 7.93. The molecule has 2 aliphatic rings. The van der Waals surface area contributed by atoms with Gasteiger partial charge in [0.15, 0.2) is 0 Å². The first-order valence-corrected chi connectivity index (χ1v) is 9.52. The predicted octanol–water partition coefficient (Wildman–Crippen LogP) is 4.96. The molecule has 1 atom stereocenters. The molecule has 1 unspecified atom stereocenters. The molecule has 1 saturated heterocycles. The molecule has 4 nitrogen and oxygen atoms in total. The number of thioether (sulfide) groups is 1. The number of hydrogen-bond acceptors (Lipinski definition) is 4. The Kier molecular flexibility index (Phi) is 5.86. The van der Waals surface area contributed by atoms with Crippen LogP contribution in [-0.2, 0) is 4.74 Å². The SMILES string of the molecule is CC1=CC(C)CC=C(c2cc(OC3CCOCC3)cc(C(=O)O)c2)S1. The summed E-state index contributed by atoms with van der Waals surface area (Å²) in [4.78, 5) is 13.9. The monoisotopic (exact) mass is 360 g/mol. The van der Waals surface area contributed by atoms with E-state index in [1.54, 1.807) is 23.9 Å². The van der Waals surface area contributed by atoms with Crippen molar-refractivity contribution in [3.05, 3.63) is 46.4 Å². The van der Waals surface area contributed by atoms with Crippen LogP contribution in [0.15, 0.2) is 35.3 Å². The smallest absolute Gasteiger partial charge is 0.335 e. The van der Waals surface area contributed by atoms with Crippen LogP contribution in [0.5, 0.6) is 5.75 Å². The largest absolute Gasteiger partial charge is 0.490 e. The van der Waals surface area contributed by atoms with Crippen molar-refractivity contribution >= 4 is 22.6 Å². The summed E-state index contributed by atoms with van der Waals surface area (Å²) in [6.45, 7) is 5.68. The van der Waals surface area contributed by atoms with Gasteiger partial charge in [-0.1, -0.05) is 30.8 Å². The first kappa shape index (κ1) is 18.1. The maximum atomic E-state index is 11.6. The zero-order valence-corrected chi connectivity index (χ0v) is 15.5. The van der Waals surface area contributed by atoms with Gasteiger partial charge in [-0.3, -0.25) is 0 Å². The summed E-state index contributed by atoms with van der Waals surface area (Å²) in [5, 5.41) is 9.47. The fraction of sp³-hybridized carbons (Fsp3) is 0.450. The number of rotatable bonds is 4.